The average molecular weight is 765 g/mol. The van der Waals surface area contributed by atoms with E-state index in [0.717, 1.165) is 38.5 Å². The summed E-state index contributed by atoms with van der Waals surface area (Å²) in [7, 11) is -4.59. The number of carbonyl (C=O) groups is 2. The fraction of sp³-hybridized carbons (Fsp3) is 0.897. The van der Waals surface area contributed by atoms with Gasteiger partial charge in [-0.05, 0) is 38.5 Å². The van der Waals surface area contributed by atoms with Crippen LogP contribution in [0.1, 0.15) is 168 Å². The van der Waals surface area contributed by atoms with Crippen LogP contribution < -0.4 is 0 Å². The van der Waals surface area contributed by atoms with Crippen molar-refractivity contribution in [2.45, 2.75) is 205 Å². The van der Waals surface area contributed by atoms with Gasteiger partial charge in [-0.25, -0.2) is 0 Å². The number of hydrogen-bond acceptors (Lipinski definition) is 11. The lowest BCUT2D eigenvalue weighted by Crippen LogP contribution is -2.60. The van der Waals surface area contributed by atoms with Gasteiger partial charge in [0.15, 0.2) is 12.4 Å². The predicted molar refractivity (Wildman–Crippen MR) is 201 cm³/mol. The van der Waals surface area contributed by atoms with E-state index in [0.29, 0.717) is 12.8 Å². The molecule has 12 nitrogen and oxygen atoms in total. The maximum atomic E-state index is 12.7. The van der Waals surface area contributed by atoms with Gasteiger partial charge in [0.25, 0.3) is 10.1 Å². The topological polar surface area (TPSA) is 186 Å². The third-order valence-corrected chi connectivity index (χ3v) is 10.1. The van der Waals surface area contributed by atoms with Crippen molar-refractivity contribution in [3.05, 3.63) is 12.2 Å². The quantitative estimate of drug-likeness (QED) is 0.0230. The highest BCUT2D eigenvalue weighted by molar-refractivity contribution is 7.85. The van der Waals surface area contributed by atoms with Gasteiger partial charge in [-0.1, -0.05) is 129 Å². The van der Waals surface area contributed by atoms with Gasteiger partial charge in [0.2, 0.25) is 0 Å². The number of unbranched alkanes of at least 4 members (excludes halogenated alkanes) is 19. The number of aliphatic hydroxyl groups excluding tert-OH is 3. The van der Waals surface area contributed by atoms with Crippen LogP contribution in [0, 0.1) is 0 Å². The molecule has 1 heterocycles. The van der Waals surface area contributed by atoms with E-state index in [-0.39, 0.29) is 19.4 Å². The Balaban J connectivity index is 2.44. The first-order valence-corrected chi connectivity index (χ1v) is 21.9. The highest BCUT2D eigenvalue weighted by Gasteiger charge is 2.46. The summed E-state index contributed by atoms with van der Waals surface area (Å²) in [5.74, 6) is -1.99. The fourth-order valence-electron chi connectivity index (χ4n) is 6.14. The molecule has 13 heteroatoms. The van der Waals surface area contributed by atoms with E-state index >= 15 is 0 Å². The van der Waals surface area contributed by atoms with Crippen molar-refractivity contribution in [1.82, 2.24) is 0 Å². The number of hydrogen-bond donors (Lipinski definition) is 4. The van der Waals surface area contributed by atoms with E-state index in [9.17, 15) is 37.9 Å². The molecule has 4 N–H and O–H groups in total. The van der Waals surface area contributed by atoms with E-state index in [1.165, 1.54) is 89.9 Å². The van der Waals surface area contributed by atoms with Crippen molar-refractivity contribution < 1.29 is 56.8 Å². The minimum absolute atomic E-state index is 0.165. The van der Waals surface area contributed by atoms with Crippen molar-refractivity contribution in [2.24, 2.45) is 0 Å². The summed E-state index contributed by atoms with van der Waals surface area (Å²) in [6.07, 6.45) is 20.1. The molecule has 1 aliphatic heterocycles. The molecule has 0 bridgehead atoms. The van der Waals surface area contributed by atoms with Crippen LogP contribution in [0.25, 0.3) is 0 Å². The molecule has 0 aromatic heterocycles. The van der Waals surface area contributed by atoms with Crippen LogP contribution in [0.4, 0.5) is 0 Å². The lowest BCUT2D eigenvalue weighted by atomic mass is 10.00. The second-order valence-corrected chi connectivity index (χ2v) is 15.8. The molecule has 0 saturated carbocycles. The van der Waals surface area contributed by atoms with Crippen molar-refractivity contribution in [2.75, 3.05) is 19.0 Å². The van der Waals surface area contributed by atoms with Crippen LogP contribution >= 0.6 is 0 Å². The Bertz CT molecular complexity index is 1040. The molecule has 1 saturated heterocycles. The SMILES string of the molecule is CCCCCC/C=C/CCCCCCCCCCCC(=O)O[C@H](COC(=O)CCCCCCCCC)CO[C@H]1O[C@H](CS(=O)(=O)O)[C@@H](O)C(O)C1O. The number of ether oxygens (including phenoxy) is 4. The first-order chi connectivity index (χ1) is 25.0. The van der Waals surface area contributed by atoms with Gasteiger partial charge in [0.05, 0.1) is 6.61 Å². The lowest BCUT2D eigenvalue weighted by Gasteiger charge is -2.40. The summed E-state index contributed by atoms with van der Waals surface area (Å²) in [4.78, 5) is 25.1. The minimum Gasteiger partial charge on any atom is -0.462 e. The zero-order chi connectivity index (χ0) is 38.5. The Morgan fingerprint density at radius 1 is 0.635 bits per heavy atom. The molecule has 1 aliphatic rings. The fourth-order valence-corrected chi connectivity index (χ4v) is 6.83. The Morgan fingerprint density at radius 2 is 1.10 bits per heavy atom. The Kier molecular flexibility index (Phi) is 28.6. The third kappa shape index (κ3) is 25.4. The third-order valence-electron chi connectivity index (χ3n) is 9.35. The lowest BCUT2D eigenvalue weighted by molar-refractivity contribution is -0.297. The smallest absolute Gasteiger partial charge is 0.306 e. The highest BCUT2D eigenvalue weighted by atomic mass is 32.2. The number of carbonyl (C=O) groups excluding carboxylic acids is 2. The Labute approximate surface area is 314 Å². The monoisotopic (exact) mass is 764 g/mol. The second-order valence-electron chi connectivity index (χ2n) is 14.3. The molecule has 52 heavy (non-hydrogen) atoms. The van der Waals surface area contributed by atoms with Crippen LogP contribution in [-0.2, 0) is 38.7 Å². The molecule has 1 fully saturated rings. The van der Waals surface area contributed by atoms with Crippen molar-refractivity contribution in [3.63, 3.8) is 0 Å². The number of allylic oxidation sites excluding steroid dienone is 2. The summed E-state index contributed by atoms with van der Waals surface area (Å²) in [5.41, 5.74) is 0. The maximum absolute atomic E-state index is 12.7. The summed E-state index contributed by atoms with van der Waals surface area (Å²) >= 11 is 0. The number of esters is 2. The zero-order valence-electron chi connectivity index (χ0n) is 32.2. The largest absolute Gasteiger partial charge is 0.462 e. The van der Waals surface area contributed by atoms with Gasteiger partial charge >= 0.3 is 11.9 Å². The van der Waals surface area contributed by atoms with Crippen LogP contribution in [0.5, 0.6) is 0 Å². The van der Waals surface area contributed by atoms with Crippen LogP contribution in [0.2, 0.25) is 0 Å². The van der Waals surface area contributed by atoms with Gasteiger partial charge in [-0.2, -0.15) is 8.42 Å². The summed E-state index contributed by atoms with van der Waals surface area (Å²) < 4.78 is 53.7. The summed E-state index contributed by atoms with van der Waals surface area (Å²) in [5, 5.41) is 30.7. The van der Waals surface area contributed by atoms with Crippen LogP contribution in [0.15, 0.2) is 12.2 Å². The molecule has 2 unspecified atom stereocenters. The van der Waals surface area contributed by atoms with Crippen molar-refractivity contribution in [3.8, 4) is 0 Å². The molecule has 0 amide bonds. The molecule has 0 aromatic rings. The number of aliphatic hydroxyl groups is 3. The van der Waals surface area contributed by atoms with Gasteiger partial charge in [0.1, 0.15) is 36.8 Å². The average Bonchev–Trinajstić information content (AvgIpc) is 3.10. The van der Waals surface area contributed by atoms with Gasteiger partial charge in [-0.3, -0.25) is 14.1 Å². The Morgan fingerprint density at radius 3 is 1.62 bits per heavy atom. The first-order valence-electron chi connectivity index (χ1n) is 20.2. The van der Waals surface area contributed by atoms with Gasteiger partial charge in [0, 0.05) is 12.8 Å². The maximum Gasteiger partial charge on any atom is 0.306 e. The standard InChI is InChI=1S/C39H72O12S/c1-3-5-7-9-11-12-13-14-15-16-17-18-19-20-22-24-26-28-35(41)50-32(29-48-34(40)27-25-23-21-10-8-6-4-2)30-49-39-38(44)37(43)36(42)33(51-39)31-52(45,46)47/h12-13,32-33,36-39,42-44H,3-11,14-31H2,1-2H3,(H,45,46,47)/b13-12+/t32-,33-,36-,37?,38?,39+/m1/s1. The van der Waals surface area contributed by atoms with Crippen molar-refractivity contribution >= 4 is 22.1 Å². The van der Waals surface area contributed by atoms with Gasteiger partial charge < -0.3 is 34.3 Å². The van der Waals surface area contributed by atoms with Crippen LogP contribution in [0.3, 0.4) is 0 Å². The van der Waals surface area contributed by atoms with Crippen LogP contribution in [-0.4, -0.2) is 96.0 Å². The van der Waals surface area contributed by atoms with E-state index in [1.807, 2.05) is 0 Å². The van der Waals surface area contributed by atoms with E-state index < -0.39 is 71.2 Å². The van der Waals surface area contributed by atoms with E-state index in [4.69, 9.17) is 18.9 Å². The molecule has 0 spiro atoms. The van der Waals surface area contributed by atoms with Gasteiger partial charge in [-0.15, -0.1) is 0 Å². The zero-order valence-corrected chi connectivity index (χ0v) is 33.0. The summed E-state index contributed by atoms with van der Waals surface area (Å²) in [6, 6.07) is 0. The molecule has 0 aromatic carbocycles. The van der Waals surface area contributed by atoms with Crippen molar-refractivity contribution in [1.29, 1.82) is 0 Å². The normalized spacial score (nSPS) is 21.4. The molecule has 0 aliphatic carbocycles. The molecule has 1 rings (SSSR count). The molecular formula is C39H72O12S. The highest BCUT2D eigenvalue weighted by Crippen LogP contribution is 2.24. The Hall–Kier alpha value is -1.61. The molecule has 0 radical (unpaired) electrons. The first kappa shape index (κ1) is 48.4. The van der Waals surface area contributed by atoms with E-state index in [2.05, 4.69) is 26.0 Å². The molecular weight excluding hydrogens is 692 g/mol. The second kappa shape index (κ2) is 30.7. The molecule has 306 valence electrons. The number of rotatable bonds is 33. The molecule has 6 atom stereocenters. The minimum atomic E-state index is -4.59. The summed E-state index contributed by atoms with van der Waals surface area (Å²) in [6.45, 7) is 3.68. The van der Waals surface area contributed by atoms with E-state index in [1.54, 1.807) is 0 Å². The predicted octanol–water partition coefficient (Wildman–Crippen LogP) is 7.11.